The molecule has 39 heavy (non-hydrogen) atoms. The molecule has 2 aliphatic rings. The van der Waals surface area contributed by atoms with Gasteiger partial charge in [-0.3, -0.25) is 0 Å². The summed E-state index contributed by atoms with van der Waals surface area (Å²) in [7, 11) is 0. The number of aromatic hydroxyl groups is 1. The number of hydrogen-bond donors (Lipinski definition) is 4. The highest BCUT2D eigenvalue weighted by atomic mass is 19.4. The number of pyridine rings is 1. The zero-order valence-electron chi connectivity index (χ0n) is 20.7. The van der Waals surface area contributed by atoms with Crippen LogP contribution in [0.5, 0.6) is 5.75 Å². The van der Waals surface area contributed by atoms with Crippen molar-refractivity contribution in [2.45, 2.75) is 12.6 Å². The van der Waals surface area contributed by atoms with Crippen LogP contribution in [-0.4, -0.2) is 88.4 Å². The van der Waals surface area contributed by atoms with Gasteiger partial charge in [-0.2, -0.15) is 18.2 Å². The van der Waals surface area contributed by atoms with Crippen LogP contribution in [0.15, 0.2) is 42.6 Å². The molecule has 5 rings (SSSR count). The molecule has 208 valence electrons. The first kappa shape index (κ1) is 27.9. The predicted octanol–water partition coefficient (Wildman–Crippen LogP) is 2.81. The zero-order chi connectivity index (χ0) is 28.0. The number of carboxylic acid groups (broad SMARTS) is 1. The van der Waals surface area contributed by atoms with Crippen molar-refractivity contribution in [1.82, 2.24) is 15.0 Å². The highest BCUT2D eigenvalue weighted by Crippen LogP contribution is 2.40. The maximum Gasteiger partial charge on any atom is 0.490 e. The number of hydrogen-bond acceptors (Lipinski definition) is 10. The Morgan fingerprint density at radius 2 is 1.85 bits per heavy atom. The number of nitrogens with zero attached hydrogens (tertiary/aromatic N) is 5. The molecule has 0 bridgehead atoms. The van der Waals surface area contributed by atoms with Gasteiger partial charge in [0.05, 0.1) is 25.5 Å². The number of benzene rings is 1. The number of ether oxygens (including phenoxy) is 1. The monoisotopic (exact) mass is 548 g/mol. The van der Waals surface area contributed by atoms with Gasteiger partial charge in [0, 0.05) is 55.3 Å². The summed E-state index contributed by atoms with van der Waals surface area (Å²) < 4.78 is 37.2. The van der Waals surface area contributed by atoms with Crippen LogP contribution in [-0.2, 0) is 16.0 Å². The van der Waals surface area contributed by atoms with Gasteiger partial charge in [-0.05, 0) is 24.6 Å². The Kier molecular flexibility index (Phi) is 8.66. The van der Waals surface area contributed by atoms with Gasteiger partial charge in [-0.15, -0.1) is 0 Å². The van der Waals surface area contributed by atoms with Crippen molar-refractivity contribution in [3.63, 3.8) is 0 Å². The Labute approximate surface area is 221 Å². The average Bonchev–Trinajstić information content (AvgIpc) is 3.36. The third-order valence-corrected chi connectivity index (χ3v) is 5.94. The SMILES string of the molecule is O=C(O)C(F)(F)F.OCCNc1cc(N2CCc3c(-c4cccc(O)c4)nc(N4CCOCC4)nc32)ccn1. The van der Waals surface area contributed by atoms with Gasteiger partial charge >= 0.3 is 12.1 Å². The highest BCUT2D eigenvalue weighted by molar-refractivity contribution is 5.78. The summed E-state index contributed by atoms with van der Waals surface area (Å²) in [6, 6.07) is 11.1. The van der Waals surface area contributed by atoms with Crippen molar-refractivity contribution in [3.05, 3.63) is 48.2 Å². The molecule has 1 aromatic carbocycles. The third kappa shape index (κ3) is 6.83. The van der Waals surface area contributed by atoms with E-state index in [1.54, 1.807) is 18.3 Å². The number of aliphatic hydroxyl groups excluding tert-OH is 1. The Hall–Kier alpha value is -4.17. The molecule has 2 aromatic heterocycles. The molecule has 2 aliphatic heterocycles. The van der Waals surface area contributed by atoms with Crippen molar-refractivity contribution in [2.75, 3.05) is 61.1 Å². The van der Waals surface area contributed by atoms with Crippen LogP contribution in [0, 0.1) is 0 Å². The summed E-state index contributed by atoms with van der Waals surface area (Å²) in [5.74, 6) is -0.288. The van der Waals surface area contributed by atoms with Crippen LogP contribution >= 0.6 is 0 Å². The smallest absolute Gasteiger partial charge is 0.490 e. The van der Waals surface area contributed by atoms with Crippen molar-refractivity contribution < 1.29 is 38.0 Å². The molecule has 11 nitrogen and oxygen atoms in total. The van der Waals surface area contributed by atoms with Crippen LogP contribution in [0.4, 0.5) is 36.4 Å². The van der Waals surface area contributed by atoms with Gasteiger partial charge in [0.1, 0.15) is 17.4 Å². The molecule has 0 saturated carbocycles. The van der Waals surface area contributed by atoms with Crippen molar-refractivity contribution in [1.29, 1.82) is 0 Å². The van der Waals surface area contributed by atoms with E-state index >= 15 is 0 Å². The summed E-state index contributed by atoms with van der Waals surface area (Å²) in [6.45, 7) is 4.03. The lowest BCUT2D eigenvalue weighted by molar-refractivity contribution is -0.192. The number of rotatable bonds is 6. The minimum absolute atomic E-state index is 0.0435. The molecule has 1 fully saturated rings. The lowest BCUT2D eigenvalue weighted by atomic mass is 10.1. The summed E-state index contributed by atoms with van der Waals surface area (Å²) in [4.78, 5) is 27.5. The van der Waals surface area contributed by atoms with E-state index in [1.807, 2.05) is 24.3 Å². The minimum atomic E-state index is -5.08. The number of morpholine rings is 1. The number of phenols is 1. The first-order valence-corrected chi connectivity index (χ1v) is 12.1. The molecular formula is C25H27F3N6O5. The van der Waals surface area contributed by atoms with Gasteiger partial charge < -0.3 is 35.2 Å². The number of fused-ring (bicyclic) bond motifs is 1. The van der Waals surface area contributed by atoms with E-state index in [4.69, 9.17) is 29.7 Å². The maximum atomic E-state index is 10.6. The van der Waals surface area contributed by atoms with Crippen LogP contribution in [0.3, 0.4) is 0 Å². The predicted molar refractivity (Wildman–Crippen MR) is 136 cm³/mol. The van der Waals surface area contributed by atoms with E-state index in [0.29, 0.717) is 31.5 Å². The van der Waals surface area contributed by atoms with E-state index in [1.165, 1.54) is 0 Å². The number of aliphatic hydroxyl groups is 1. The molecule has 0 amide bonds. The van der Waals surface area contributed by atoms with Crippen LogP contribution in [0.2, 0.25) is 0 Å². The Balaban J connectivity index is 0.000000448. The van der Waals surface area contributed by atoms with Crippen LogP contribution < -0.4 is 15.1 Å². The molecule has 3 aromatic rings. The number of anilines is 4. The standard InChI is InChI=1S/C23H26N6O3.C2HF3O2/c30-11-7-25-20-15-17(4-6-24-20)29-8-5-19-21(16-2-1-3-18(31)14-16)26-23(27-22(19)29)28-9-12-32-13-10-28;3-2(4,5)1(6)7/h1-4,6,14-15,30-31H,5,7-13H2,(H,24,25);(H,6,7). The number of aliphatic carboxylic acids is 1. The number of aromatic nitrogens is 3. The molecule has 14 heteroatoms. The molecule has 1 saturated heterocycles. The fraction of sp³-hybridized carbons (Fsp3) is 0.360. The van der Waals surface area contributed by atoms with E-state index in [0.717, 1.165) is 54.4 Å². The van der Waals surface area contributed by atoms with Gasteiger partial charge in [0.25, 0.3) is 0 Å². The molecule has 0 radical (unpaired) electrons. The van der Waals surface area contributed by atoms with Crippen LogP contribution in [0.25, 0.3) is 11.3 Å². The van der Waals surface area contributed by atoms with E-state index in [-0.39, 0.29) is 12.4 Å². The third-order valence-electron chi connectivity index (χ3n) is 5.94. The topological polar surface area (TPSA) is 144 Å². The summed E-state index contributed by atoms with van der Waals surface area (Å²) in [5.41, 5.74) is 3.77. The fourth-order valence-electron chi connectivity index (χ4n) is 4.16. The maximum absolute atomic E-state index is 10.6. The van der Waals surface area contributed by atoms with E-state index < -0.39 is 12.1 Å². The van der Waals surface area contributed by atoms with E-state index in [9.17, 15) is 18.3 Å². The number of carboxylic acids is 1. The highest BCUT2D eigenvalue weighted by Gasteiger charge is 2.38. The summed E-state index contributed by atoms with van der Waals surface area (Å²) >= 11 is 0. The van der Waals surface area contributed by atoms with Crippen molar-refractivity contribution in [3.8, 4) is 17.0 Å². The normalized spacial score (nSPS) is 14.9. The number of alkyl halides is 3. The Morgan fingerprint density at radius 1 is 1.10 bits per heavy atom. The second kappa shape index (κ2) is 12.1. The van der Waals surface area contributed by atoms with Gasteiger partial charge in [0.15, 0.2) is 0 Å². The zero-order valence-corrected chi connectivity index (χ0v) is 20.7. The lowest BCUT2D eigenvalue weighted by Crippen LogP contribution is -2.37. The molecule has 4 heterocycles. The minimum Gasteiger partial charge on any atom is -0.508 e. The molecule has 4 N–H and O–H groups in total. The van der Waals surface area contributed by atoms with Crippen molar-refractivity contribution >= 4 is 29.2 Å². The fourth-order valence-corrected chi connectivity index (χ4v) is 4.16. The average molecular weight is 549 g/mol. The Bertz CT molecular complexity index is 1300. The number of phenolic OH excluding ortho intramolecular Hbond substituents is 1. The van der Waals surface area contributed by atoms with Gasteiger partial charge in [-0.25, -0.2) is 14.8 Å². The van der Waals surface area contributed by atoms with Crippen LogP contribution in [0.1, 0.15) is 5.56 Å². The number of halogens is 3. The Morgan fingerprint density at radius 3 is 2.51 bits per heavy atom. The molecule has 0 unspecified atom stereocenters. The summed E-state index contributed by atoms with van der Waals surface area (Å²) in [6.07, 6.45) is -2.53. The molecular weight excluding hydrogens is 521 g/mol. The van der Waals surface area contributed by atoms with Gasteiger partial charge in [-0.1, -0.05) is 12.1 Å². The quantitative estimate of drug-likeness (QED) is 0.361. The van der Waals surface area contributed by atoms with Crippen molar-refractivity contribution in [2.24, 2.45) is 0 Å². The number of carbonyl (C=O) groups is 1. The number of nitrogens with one attached hydrogen (secondary N) is 1. The molecule has 0 atom stereocenters. The molecule has 0 aliphatic carbocycles. The first-order valence-electron chi connectivity index (χ1n) is 12.1. The largest absolute Gasteiger partial charge is 0.508 e. The van der Waals surface area contributed by atoms with E-state index in [2.05, 4.69) is 20.1 Å². The first-order chi connectivity index (χ1) is 18.7. The van der Waals surface area contributed by atoms with Gasteiger partial charge in [0.2, 0.25) is 5.95 Å². The second-order valence-corrected chi connectivity index (χ2v) is 8.58. The molecule has 0 spiro atoms. The lowest BCUT2D eigenvalue weighted by Gasteiger charge is -2.28. The second-order valence-electron chi connectivity index (χ2n) is 8.58. The summed E-state index contributed by atoms with van der Waals surface area (Å²) in [5, 5.41) is 29.4.